The number of hydrogen-bond donors (Lipinski definition) is 4. The quantitative estimate of drug-likeness (QED) is 0.657. The van der Waals surface area contributed by atoms with E-state index in [1.54, 1.807) is 0 Å². The number of imidazole rings is 1. The van der Waals surface area contributed by atoms with Crippen LogP contribution in [0.25, 0.3) is 11.0 Å². The van der Waals surface area contributed by atoms with Crippen LogP contribution in [-0.4, -0.2) is 33.1 Å². The summed E-state index contributed by atoms with van der Waals surface area (Å²) in [7, 11) is 0. The third kappa shape index (κ3) is 4.60. The van der Waals surface area contributed by atoms with Crippen LogP contribution in [0.2, 0.25) is 0 Å². The number of hydrogen-bond acceptors (Lipinski definition) is 4. The summed E-state index contributed by atoms with van der Waals surface area (Å²) in [6, 6.07) is 5.63. The third-order valence-corrected chi connectivity index (χ3v) is 4.36. The average molecular weight is 375 g/mol. The van der Waals surface area contributed by atoms with Gasteiger partial charge in [0, 0.05) is 18.5 Å². The molecule has 1 fully saturated rings. The number of aliphatic hydroxyl groups is 1. The van der Waals surface area contributed by atoms with E-state index in [-0.39, 0.29) is 42.7 Å². The van der Waals surface area contributed by atoms with Gasteiger partial charge in [-0.05, 0) is 43.9 Å². The maximum atomic E-state index is 12.2. The van der Waals surface area contributed by atoms with E-state index in [2.05, 4.69) is 15.3 Å². The highest BCUT2D eigenvalue weighted by atomic mass is 35.5. The van der Waals surface area contributed by atoms with Gasteiger partial charge in [-0.3, -0.25) is 4.79 Å². The second-order valence-electron chi connectivity index (χ2n) is 6.13. The summed E-state index contributed by atoms with van der Waals surface area (Å²) in [4.78, 5) is 19.8. The van der Waals surface area contributed by atoms with Crippen molar-refractivity contribution in [1.82, 2.24) is 15.3 Å². The molecule has 8 heteroatoms. The minimum Gasteiger partial charge on any atom is -0.392 e. The molecule has 0 unspecified atom stereocenters. The lowest BCUT2D eigenvalue weighted by Gasteiger charge is -2.30. The summed E-state index contributed by atoms with van der Waals surface area (Å²) in [6.45, 7) is 2.41. The maximum absolute atomic E-state index is 12.2. The van der Waals surface area contributed by atoms with Crippen LogP contribution in [-0.2, 0) is 11.3 Å². The first-order valence-electron chi connectivity index (χ1n) is 7.69. The number of amides is 1. The fraction of sp³-hybridized carbons (Fsp3) is 0.500. The fourth-order valence-corrected chi connectivity index (χ4v) is 3.06. The smallest absolute Gasteiger partial charge is 0.223 e. The maximum Gasteiger partial charge on any atom is 0.223 e. The molecule has 24 heavy (non-hydrogen) atoms. The molecule has 1 aliphatic rings. The Labute approximate surface area is 153 Å². The van der Waals surface area contributed by atoms with Gasteiger partial charge in [0.05, 0.1) is 17.1 Å². The molecular weight excluding hydrogens is 351 g/mol. The van der Waals surface area contributed by atoms with Gasteiger partial charge in [0.1, 0.15) is 5.82 Å². The van der Waals surface area contributed by atoms with Gasteiger partial charge in [-0.15, -0.1) is 24.8 Å². The summed E-state index contributed by atoms with van der Waals surface area (Å²) in [5, 5.41) is 12.6. The molecule has 1 heterocycles. The van der Waals surface area contributed by atoms with Crippen LogP contribution in [0.1, 0.15) is 30.7 Å². The monoisotopic (exact) mass is 374 g/mol. The SMILES string of the molecule is Cc1nc2ccc(CNC(=O)[C@H]3CC[C@@H](O)[C@H](N)C3)cc2[nH]1.Cl.Cl. The number of fused-ring (bicyclic) bond motifs is 1. The Morgan fingerprint density at radius 2 is 2.17 bits per heavy atom. The molecule has 3 atom stereocenters. The van der Waals surface area contributed by atoms with E-state index in [0.717, 1.165) is 22.4 Å². The summed E-state index contributed by atoms with van der Waals surface area (Å²) < 4.78 is 0. The molecule has 0 saturated heterocycles. The lowest BCUT2D eigenvalue weighted by Crippen LogP contribution is -2.44. The van der Waals surface area contributed by atoms with Gasteiger partial charge in [0.15, 0.2) is 0 Å². The van der Waals surface area contributed by atoms with E-state index in [4.69, 9.17) is 5.73 Å². The van der Waals surface area contributed by atoms with Crippen LogP contribution >= 0.6 is 24.8 Å². The number of aromatic amines is 1. The van der Waals surface area contributed by atoms with Crippen molar-refractivity contribution in [3.8, 4) is 0 Å². The molecule has 0 aliphatic heterocycles. The number of nitrogens with zero attached hydrogens (tertiary/aromatic N) is 1. The van der Waals surface area contributed by atoms with Crippen molar-refractivity contribution in [2.24, 2.45) is 11.7 Å². The van der Waals surface area contributed by atoms with Crippen LogP contribution in [0.15, 0.2) is 18.2 Å². The number of carbonyl (C=O) groups excluding carboxylic acids is 1. The average Bonchev–Trinajstić information content (AvgIpc) is 2.86. The second kappa shape index (κ2) is 8.67. The van der Waals surface area contributed by atoms with E-state index in [1.165, 1.54) is 0 Å². The van der Waals surface area contributed by atoms with E-state index in [9.17, 15) is 9.90 Å². The van der Waals surface area contributed by atoms with Gasteiger partial charge in [-0.2, -0.15) is 0 Å². The molecule has 134 valence electrons. The van der Waals surface area contributed by atoms with Gasteiger partial charge in [0.2, 0.25) is 5.91 Å². The summed E-state index contributed by atoms with van der Waals surface area (Å²) in [5.74, 6) is 0.797. The predicted octanol–water partition coefficient (Wildman–Crippen LogP) is 1.82. The van der Waals surface area contributed by atoms with Crippen LogP contribution < -0.4 is 11.1 Å². The highest BCUT2D eigenvalue weighted by Crippen LogP contribution is 2.24. The number of carbonyl (C=O) groups is 1. The van der Waals surface area contributed by atoms with Gasteiger partial charge >= 0.3 is 0 Å². The largest absolute Gasteiger partial charge is 0.392 e. The summed E-state index contributed by atoms with van der Waals surface area (Å²) >= 11 is 0. The van der Waals surface area contributed by atoms with Crippen molar-refractivity contribution >= 4 is 41.8 Å². The lowest BCUT2D eigenvalue weighted by molar-refractivity contribution is -0.127. The first kappa shape index (κ1) is 20.7. The molecule has 0 radical (unpaired) electrons. The lowest BCUT2D eigenvalue weighted by atomic mass is 9.83. The highest BCUT2D eigenvalue weighted by Gasteiger charge is 2.30. The minimum absolute atomic E-state index is 0. The third-order valence-electron chi connectivity index (χ3n) is 4.36. The molecule has 1 saturated carbocycles. The predicted molar refractivity (Wildman–Crippen MR) is 98.5 cm³/mol. The fourth-order valence-electron chi connectivity index (χ4n) is 3.06. The summed E-state index contributed by atoms with van der Waals surface area (Å²) in [5.41, 5.74) is 8.78. The molecule has 0 bridgehead atoms. The van der Waals surface area contributed by atoms with Gasteiger partial charge in [-0.1, -0.05) is 6.07 Å². The summed E-state index contributed by atoms with van der Waals surface area (Å²) in [6.07, 6.45) is 1.36. The number of halogens is 2. The van der Waals surface area contributed by atoms with Crippen molar-refractivity contribution in [3.63, 3.8) is 0 Å². The Balaban J connectivity index is 0.00000144. The molecule has 1 aliphatic carbocycles. The first-order valence-corrected chi connectivity index (χ1v) is 7.69. The van der Waals surface area contributed by atoms with Gasteiger partial charge in [0.25, 0.3) is 0 Å². The number of benzene rings is 1. The number of nitrogens with one attached hydrogen (secondary N) is 2. The molecule has 2 aromatic rings. The van der Waals surface area contributed by atoms with Crippen LogP contribution in [0.4, 0.5) is 0 Å². The molecule has 1 aromatic heterocycles. The van der Waals surface area contributed by atoms with E-state index < -0.39 is 6.10 Å². The van der Waals surface area contributed by atoms with Crippen molar-refractivity contribution in [2.45, 2.75) is 44.9 Å². The van der Waals surface area contributed by atoms with Crippen LogP contribution in [0, 0.1) is 12.8 Å². The van der Waals surface area contributed by atoms with E-state index in [1.807, 2.05) is 25.1 Å². The minimum atomic E-state index is -0.477. The van der Waals surface area contributed by atoms with Crippen molar-refractivity contribution in [1.29, 1.82) is 0 Å². The van der Waals surface area contributed by atoms with Crippen LogP contribution in [0.3, 0.4) is 0 Å². The zero-order chi connectivity index (χ0) is 15.7. The number of aliphatic hydroxyl groups excluding tert-OH is 1. The zero-order valence-corrected chi connectivity index (χ0v) is 15.1. The molecular formula is C16H24Cl2N4O2. The molecule has 5 N–H and O–H groups in total. The zero-order valence-electron chi connectivity index (χ0n) is 13.5. The van der Waals surface area contributed by atoms with Crippen molar-refractivity contribution in [3.05, 3.63) is 29.6 Å². The van der Waals surface area contributed by atoms with Gasteiger partial charge < -0.3 is 21.1 Å². The Hall–Kier alpha value is -1.34. The molecule has 0 spiro atoms. The number of aromatic nitrogens is 2. The second-order valence-corrected chi connectivity index (χ2v) is 6.13. The number of H-pyrrole nitrogens is 1. The normalized spacial score (nSPS) is 23.2. The number of rotatable bonds is 3. The van der Waals surface area contributed by atoms with Crippen molar-refractivity contribution in [2.75, 3.05) is 0 Å². The van der Waals surface area contributed by atoms with E-state index >= 15 is 0 Å². The standard InChI is InChI=1S/C16H22N4O2.2ClH/c1-9-19-13-4-2-10(6-14(13)20-9)8-18-16(22)11-3-5-15(21)12(17)7-11;;/h2,4,6,11-12,15,21H,3,5,7-8,17H2,1H3,(H,18,22)(H,19,20);2*1H/t11-,12+,15+;;/m0../s1. The molecule has 3 rings (SSSR count). The Kier molecular flexibility index (Phi) is 7.48. The topological polar surface area (TPSA) is 104 Å². The number of nitrogens with two attached hydrogens (primary N) is 1. The number of aryl methyl sites for hydroxylation is 1. The molecule has 1 amide bonds. The Morgan fingerprint density at radius 3 is 2.88 bits per heavy atom. The molecule has 6 nitrogen and oxygen atoms in total. The Morgan fingerprint density at radius 1 is 1.42 bits per heavy atom. The van der Waals surface area contributed by atoms with Crippen molar-refractivity contribution < 1.29 is 9.90 Å². The van der Waals surface area contributed by atoms with E-state index in [0.29, 0.717) is 25.8 Å². The van der Waals surface area contributed by atoms with Gasteiger partial charge in [-0.25, -0.2) is 4.98 Å². The van der Waals surface area contributed by atoms with Crippen LogP contribution in [0.5, 0.6) is 0 Å². The molecule has 1 aromatic carbocycles. The highest BCUT2D eigenvalue weighted by molar-refractivity contribution is 5.85. The Bertz CT molecular complexity index is 692. The first-order chi connectivity index (χ1) is 10.5.